The Hall–Kier alpha value is -4.24. The molecule has 11 nitrogen and oxygen atoms in total. The Bertz CT molecular complexity index is 1890. The Morgan fingerprint density at radius 1 is 0.814 bits per heavy atom. The van der Waals surface area contributed by atoms with Gasteiger partial charge in [-0.3, -0.25) is 14.4 Å². The summed E-state index contributed by atoms with van der Waals surface area (Å²) in [6, 6.07) is 27.7. The molecule has 13 heteroatoms. The lowest BCUT2D eigenvalue weighted by molar-refractivity contribution is -0.144. The minimum Gasteiger partial charge on any atom is -0.405 e. The smallest absolute Gasteiger partial charge is 0.261 e. The zero-order valence-corrected chi connectivity index (χ0v) is 37.6. The third-order valence-electron chi connectivity index (χ3n) is 10.6. The number of thiazole rings is 1. The average Bonchev–Trinajstić information content (AvgIpc) is 3.89. The molecule has 2 heterocycles. The molecule has 1 fully saturated rings. The number of hydrogen-bond acceptors (Lipinski definition) is 9. The number of nitrogens with zero attached hydrogens (tertiary/aromatic N) is 2. The van der Waals surface area contributed by atoms with Gasteiger partial charge < -0.3 is 34.2 Å². The molecule has 0 radical (unpaired) electrons. The van der Waals surface area contributed by atoms with Gasteiger partial charge in [0.1, 0.15) is 18.7 Å². The van der Waals surface area contributed by atoms with Crippen LogP contribution >= 0.6 is 11.3 Å². The molecule has 2 N–H and O–H groups in total. The molecule has 1 saturated heterocycles. The summed E-state index contributed by atoms with van der Waals surface area (Å²) in [4.78, 5) is 47.3. The van der Waals surface area contributed by atoms with E-state index in [9.17, 15) is 14.4 Å². The molecular formula is C46H62N4O7SSi. The van der Waals surface area contributed by atoms with Crippen LogP contribution in [0.25, 0.3) is 10.4 Å². The fourth-order valence-electron chi connectivity index (χ4n) is 7.60. The van der Waals surface area contributed by atoms with E-state index >= 15 is 0 Å². The second kappa shape index (κ2) is 21.3. The van der Waals surface area contributed by atoms with Gasteiger partial charge in [0.15, 0.2) is 0 Å². The van der Waals surface area contributed by atoms with Crippen LogP contribution in [0.4, 0.5) is 0 Å². The Kier molecular flexibility index (Phi) is 16.6. The minimum absolute atomic E-state index is 0.106. The van der Waals surface area contributed by atoms with Crippen molar-refractivity contribution in [1.29, 1.82) is 0 Å². The summed E-state index contributed by atoms with van der Waals surface area (Å²) in [5.74, 6) is -0.873. The van der Waals surface area contributed by atoms with Crippen LogP contribution in [0.15, 0.2) is 90.4 Å². The SMILES string of the molecule is Cc1ncsc1-c1ccc(CNC(=O)[C@@H]2CCCN2C(=O)[C@@H](NC(=O)COCCOCCOCCO[Si](c2ccccc2)(c2ccccc2)C(C)(C)C)C(C)(C)C)cc1. The van der Waals surface area contributed by atoms with Gasteiger partial charge in [-0.2, -0.15) is 0 Å². The summed E-state index contributed by atoms with van der Waals surface area (Å²) in [6.45, 7) is 17.2. The Morgan fingerprint density at radius 3 is 1.93 bits per heavy atom. The first-order chi connectivity index (χ1) is 28.2. The first-order valence-corrected chi connectivity index (χ1v) is 23.4. The number of hydrogen-bond donors (Lipinski definition) is 2. The number of likely N-dealkylation sites (tertiary alicyclic amines) is 1. The van der Waals surface area contributed by atoms with Crippen molar-refractivity contribution < 1.29 is 33.0 Å². The monoisotopic (exact) mass is 842 g/mol. The van der Waals surface area contributed by atoms with Crippen molar-refractivity contribution in [3.63, 3.8) is 0 Å². The standard InChI is InChI=1S/C46H62N4O7SSi/c1-34-41(58-33-48-34)36-22-20-35(21-23-36)31-47-43(52)39-19-14-24-50(39)44(53)42(45(2,3)4)49-40(51)32-56-28-27-54-25-26-55-29-30-57-59(46(5,6)7,37-15-10-8-11-16-37)38-17-12-9-13-18-38/h8-13,15-18,20-23,33,39,42H,14,19,24-32H2,1-7H3,(H,47,52)(H,49,51)/t39-,42+/m0/s1. The predicted octanol–water partition coefficient (Wildman–Crippen LogP) is 5.88. The third-order valence-corrected chi connectivity index (χ3v) is 16.6. The van der Waals surface area contributed by atoms with Crippen molar-refractivity contribution in [1.82, 2.24) is 20.5 Å². The molecule has 1 aliphatic rings. The lowest BCUT2D eigenvalue weighted by Gasteiger charge is -2.43. The maximum Gasteiger partial charge on any atom is 0.261 e. The number of ether oxygens (including phenoxy) is 3. The van der Waals surface area contributed by atoms with Gasteiger partial charge >= 0.3 is 0 Å². The zero-order chi connectivity index (χ0) is 42.5. The molecule has 318 valence electrons. The normalized spacial score (nSPS) is 15.2. The maximum absolute atomic E-state index is 13.9. The fourth-order valence-corrected chi connectivity index (χ4v) is 13.0. The highest BCUT2D eigenvalue weighted by molar-refractivity contribution is 7.13. The van der Waals surface area contributed by atoms with Crippen LogP contribution in [0.5, 0.6) is 0 Å². The van der Waals surface area contributed by atoms with Crippen molar-refractivity contribution in [2.24, 2.45) is 5.41 Å². The summed E-state index contributed by atoms with van der Waals surface area (Å²) in [6.07, 6.45) is 1.28. The number of aryl methyl sites for hydroxylation is 1. The van der Waals surface area contributed by atoms with Crippen molar-refractivity contribution in [2.45, 2.75) is 85.0 Å². The lowest BCUT2D eigenvalue weighted by atomic mass is 9.85. The highest BCUT2D eigenvalue weighted by atomic mass is 32.1. The van der Waals surface area contributed by atoms with E-state index in [2.05, 4.69) is 84.9 Å². The largest absolute Gasteiger partial charge is 0.405 e. The van der Waals surface area contributed by atoms with Crippen LogP contribution in [0.1, 0.15) is 65.6 Å². The fraction of sp³-hybridized carbons (Fsp3) is 0.478. The number of carbonyl (C=O) groups is 3. The molecule has 0 unspecified atom stereocenters. The second-order valence-corrected chi connectivity index (χ2v) is 22.2. The molecule has 0 saturated carbocycles. The number of aromatic nitrogens is 1. The van der Waals surface area contributed by atoms with Crippen molar-refractivity contribution in [2.75, 3.05) is 52.8 Å². The molecule has 0 aliphatic carbocycles. The number of rotatable bonds is 20. The second-order valence-electron chi connectivity index (χ2n) is 17.0. The number of benzene rings is 3. The van der Waals surface area contributed by atoms with Crippen LogP contribution in [0, 0.1) is 12.3 Å². The summed E-state index contributed by atoms with van der Waals surface area (Å²) in [7, 11) is -2.61. The molecule has 3 amide bonds. The zero-order valence-electron chi connectivity index (χ0n) is 35.8. The third kappa shape index (κ3) is 12.2. The highest BCUT2D eigenvalue weighted by Crippen LogP contribution is 2.36. The molecule has 1 aromatic heterocycles. The highest BCUT2D eigenvalue weighted by Gasteiger charge is 2.50. The van der Waals surface area contributed by atoms with Crippen LogP contribution in [-0.4, -0.2) is 101 Å². The number of nitrogens with one attached hydrogen (secondary N) is 2. The summed E-state index contributed by atoms with van der Waals surface area (Å²) in [5.41, 5.74) is 4.29. The molecule has 5 rings (SSSR count). The number of amides is 3. The van der Waals surface area contributed by atoms with Gasteiger partial charge in [0.05, 0.1) is 55.7 Å². The van der Waals surface area contributed by atoms with Gasteiger partial charge in [0, 0.05) is 13.1 Å². The Labute approximate surface area is 355 Å². The molecular weight excluding hydrogens is 781 g/mol. The molecule has 59 heavy (non-hydrogen) atoms. The van der Waals surface area contributed by atoms with Gasteiger partial charge in [-0.15, -0.1) is 11.3 Å². The van der Waals surface area contributed by atoms with Gasteiger partial charge in [0.25, 0.3) is 8.32 Å². The predicted molar refractivity (Wildman–Crippen MR) is 236 cm³/mol. The Balaban J connectivity index is 0.998. The average molecular weight is 843 g/mol. The van der Waals surface area contributed by atoms with E-state index in [0.717, 1.165) is 21.7 Å². The van der Waals surface area contributed by atoms with Gasteiger partial charge in [-0.25, -0.2) is 4.98 Å². The van der Waals surface area contributed by atoms with E-state index in [-0.39, 0.29) is 36.7 Å². The molecule has 0 spiro atoms. The van der Waals surface area contributed by atoms with E-state index < -0.39 is 31.7 Å². The molecule has 0 bridgehead atoms. The maximum atomic E-state index is 13.9. The Morgan fingerprint density at radius 2 is 1.39 bits per heavy atom. The summed E-state index contributed by atoms with van der Waals surface area (Å²) >= 11 is 1.60. The van der Waals surface area contributed by atoms with Gasteiger partial charge in [0.2, 0.25) is 17.7 Å². The topological polar surface area (TPSA) is 128 Å². The molecule has 1 aliphatic heterocycles. The molecule has 4 aromatic rings. The van der Waals surface area contributed by atoms with Crippen LogP contribution in [-0.2, 0) is 39.6 Å². The summed E-state index contributed by atoms with van der Waals surface area (Å²) < 4.78 is 24.0. The number of carbonyl (C=O) groups excluding carboxylic acids is 3. The summed E-state index contributed by atoms with van der Waals surface area (Å²) in [5, 5.41) is 8.26. The van der Waals surface area contributed by atoms with Crippen LogP contribution in [0.3, 0.4) is 0 Å². The first-order valence-electron chi connectivity index (χ1n) is 20.6. The first kappa shape index (κ1) is 45.8. The quantitative estimate of drug-likeness (QED) is 0.0835. The molecule has 3 aromatic carbocycles. The van der Waals surface area contributed by atoms with Crippen LogP contribution in [0.2, 0.25) is 5.04 Å². The van der Waals surface area contributed by atoms with E-state index in [1.54, 1.807) is 16.2 Å². The van der Waals surface area contributed by atoms with Gasteiger partial charge in [-0.05, 0) is 51.7 Å². The minimum atomic E-state index is -2.61. The van der Waals surface area contributed by atoms with E-state index in [1.165, 1.54) is 10.4 Å². The van der Waals surface area contributed by atoms with Crippen LogP contribution < -0.4 is 21.0 Å². The van der Waals surface area contributed by atoms with E-state index in [4.69, 9.17) is 18.6 Å². The van der Waals surface area contributed by atoms with Crippen molar-refractivity contribution in [3.05, 3.63) is 102 Å². The lowest BCUT2D eigenvalue weighted by Crippen LogP contribution is -2.66. The van der Waals surface area contributed by atoms with E-state index in [0.29, 0.717) is 52.4 Å². The van der Waals surface area contributed by atoms with Gasteiger partial charge in [-0.1, -0.05) is 126 Å². The van der Waals surface area contributed by atoms with Crippen molar-refractivity contribution in [3.8, 4) is 10.4 Å². The van der Waals surface area contributed by atoms with Crippen molar-refractivity contribution >= 4 is 47.7 Å². The van der Waals surface area contributed by atoms with E-state index in [1.807, 2.05) is 69.6 Å². The molecule has 2 atom stereocenters.